The van der Waals surface area contributed by atoms with Gasteiger partial charge in [0.2, 0.25) is 0 Å². The lowest BCUT2D eigenvalue weighted by Crippen LogP contribution is -2.28. The third-order valence-corrected chi connectivity index (χ3v) is 4.09. The van der Waals surface area contributed by atoms with E-state index >= 15 is 0 Å². The van der Waals surface area contributed by atoms with Gasteiger partial charge >= 0.3 is 12.1 Å². The lowest BCUT2D eigenvalue weighted by Gasteiger charge is -2.15. The number of nitrogens with one attached hydrogen (secondary N) is 1. The highest BCUT2D eigenvalue weighted by atomic mass is 35.5. The predicted molar refractivity (Wildman–Crippen MR) is 86.9 cm³/mol. The zero-order valence-electron chi connectivity index (χ0n) is 14.0. The summed E-state index contributed by atoms with van der Waals surface area (Å²) in [5.41, 5.74) is -1.19. The Morgan fingerprint density at radius 2 is 1.85 bits per heavy atom. The number of aryl methyl sites for hydroxylation is 1. The van der Waals surface area contributed by atoms with Crippen molar-refractivity contribution < 1.29 is 27.5 Å². The molecule has 2 rings (SSSR count). The number of methoxy groups -OCH3 is 1. The maximum Gasteiger partial charge on any atom is 0.436 e. The number of carbonyl (C=O) groups is 2. The molecule has 1 amide bonds. The van der Waals surface area contributed by atoms with Gasteiger partial charge in [0, 0.05) is 7.05 Å². The Labute approximate surface area is 151 Å². The van der Waals surface area contributed by atoms with E-state index in [9.17, 15) is 22.8 Å². The number of rotatable bonds is 4. The number of carbonyl (C=O) groups excluding carboxylic acids is 2. The molecule has 0 aliphatic rings. The summed E-state index contributed by atoms with van der Waals surface area (Å²) in [6.45, 7) is 1.59. The molecular weight excluding hydrogens is 375 g/mol. The van der Waals surface area contributed by atoms with E-state index in [1.54, 1.807) is 19.1 Å². The summed E-state index contributed by atoms with van der Waals surface area (Å²) in [4.78, 5) is 23.7. The smallest absolute Gasteiger partial charge is 0.436 e. The first-order valence-corrected chi connectivity index (χ1v) is 7.73. The van der Waals surface area contributed by atoms with E-state index in [-0.39, 0.29) is 0 Å². The van der Waals surface area contributed by atoms with Gasteiger partial charge in [-0.2, -0.15) is 18.3 Å². The van der Waals surface area contributed by atoms with Gasteiger partial charge in [0.1, 0.15) is 10.7 Å². The molecule has 6 nitrogen and oxygen atoms in total. The molecule has 0 radical (unpaired) electrons. The Morgan fingerprint density at radius 1 is 1.27 bits per heavy atom. The van der Waals surface area contributed by atoms with E-state index < -0.39 is 40.5 Å². The van der Waals surface area contributed by atoms with Gasteiger partial charge in [-0.15, -0.1) is 0 Å². The molecule has 0 bridgehead atoms. The zero-order valence-corrected chi connectivity index (χ0v) is 14.8. The molecule has 0 aliphatic heterocycles. The van der Waals surface area contributed by atoms with Crippen molar-refractivity contribution in [1.82, 2.24) is 15.1 Å². The fourth-order valence-electron chi connectivity index (χ4n) is 2.28. The van der Waals surface area contributed by atoms with Crippen LogP contribution >= 0.6 is 11.6 Å². The number of nitrogens with zero attached hydrogens (tertiary/aromatic N) is 2. The lowest BCUT2D eigenvalue weighted by molar-refractivity contribution is -0.141. The van der Waals surface area contributed by atoms with Gasteiger partial charge in [-0.1, -0.05) is 23.7 Å². The Hall–Kier alpha value is -2.55. The molecule has 1 heterocycles. The number of ether oxygens (including phenoxy) is 1. The Balaban J connectivity index is 2.24. The second kappa shape index (κ2) is 7.36. The summed E-state index contributed by atoms with van der Waals surface area (Å²) in [5.74, 6) is -1.52. The first kappa shape index (κ1) is 19.8. The van der Waals surface area contributed by atoms with Gasteiger partial charge in [0.25, 0.3) is 5.91 Å². The van der Waals surface area contributed by atoms with Crippen LogP contribution in [0.4, 0.5) is 13.2 Å². The number of aromatic nitrogens is 2. The predicted octanol–water partition coefficient (Wildman–Crippen LogP) is 3.37. The summed E-state index contributed by atoms with van der Waals surface area (Å²) in [7, 11) is 2.46. The van der Waals surface area contributed by atoms with Crippen molar-refractivity contribution in [3.05, 3.63) is 51.8 Å². The van der Waals surface area contributed by atoms with Crippen LogP contribution in [-0.2, 0) is 18.0 Å². The van der Waals surface area contributed by atoms with E-state index in [1.807, 2.05) is 0 Å². The van der Waals surface area contributed by atoms with Gasteiger partial charge in [-0.05, 0) is 24.6 Å². The molecule has 1 aromatic carbocycles. The van der Waals surface area contributed by atoms with Crippen LogP contribution in [0.3, 0.4) is 0 Å². The van der Waals surface area contributed by atoms with E-state index in [1.165, 1.54) is 26.3 Å². The van der Waals surface area contributed by atoms with Gasteiger partial charge in [-0.25, -0.2) is 4.79 Å². The molecule has 1 N–H and O–H groups in total. The number of hydrogen-bond acceptors (Lipinski definition) is 4. The first-order valence-electron chi connectivity index (χ1n) is 7.35. The van der Waals surface area contributed by atoms with Gasteiger partial charge in [0.15, 0.2) is 5.69 Å². The molecule has 10 heteroatoms. The third-order valence-electron chi connectivity index (χ3n) is 3.65. The zero-order chi connectivity index (χ0) is 19.6. The highest BCUT2D eigenvalue weighted by Gasteiger charge is 2.41. The molecule has 140 valence electrons. The van der Waals surface area contributed by atoms with Crippen LogP contribution in [0.2, 0.25) is 5.15 Å². The molecule has 1 aromatic heterocycles. The van der Waals surface area contributed by atoms with Crippen molar-refractivity contribution in [1.29, 1.82) is 0 Å². The molecule has 0 spiro atoms. The van der Waals surface area contributed by atoms with Crippen molar-refractivity contribution in [3.8, 4) is 0 Å². The minimum Gasteiger partial charge on any atom is -0.465 e. The molecule has 26 heavy (non-hydrogen) atoms. The number of esters is 1. The molecule has 1 atom stereocenters. The van der Waals surface area contributed by atoms with E-state index in [0.29, 0.717) is 11.1 Å². The number of amides is 1. The van der Waals surface area contributed by atoms with E-state index in [4.69, 9.17) is 11.6 Å². The third kappa shape index (κ3) is 3.98. The van der Waals surface area contributed by atoms with Crippen LogP contribution < -0.4 is 5.32 Å². The van der Waals surface area contributed by atoms with Gasteiger partial charge in [0.05, 0.1) is 18.7 Å². The number of benzene rings is 1. The standard InChI is InChI=1S/C16H15ClF3N3O3/c1-8(9-4-6-10(7-5-9)15(25)26-3)21-14(24)11-12(16(18,19)20)22-23(2)13(11)17/h4-8H,1-3H3,(H,21,24). The van der Waals surface area contributed by atoms with Crippen molar-refractivity contribution >= 4 is 23.5 Å². The fraction of sp³-hybridized carbons (Fsp3) is 0.312. The van der Waals surface area contributed by atoms with Crippen LogP contribution in [0, 0.1) is 0 Å². The van der Waals surface area contributed by atoms with Crippen molar-refractivity contribution in [2.75, 3.05) is 7.11 Å². The molecule has 0 fully saturated rings. The number of halogens is 4. The monoisotopic (exact) mass is 389 g/mol. The van der Waals surface area contributed by atoms with Crippen molar-refractivity contribution in [2.45, 2.75) is 19.1 Å². The van der Waals surface area contributed by atoms with E-state index in [0.717, 1.165) is 4.68 Å². The van der Waals surface area contributed by atoms with Crippen LogP contribution in [0.5, 0.6) is 0 Å². The molecule has 1 unspecified atom stereocenters. The maximum absolute atomic E-state index is 13.1. The van der Waals surface area contributed by atoms with Crippen LogP contribution in [0.25, 0.3) is 0 Å². The largest absolute Gasteiger partial charge is 0.465 e. The quantitative estimate of drug-likeness (QED) is 0.814. The van der Waals surface area contributed by atoms with Gasteiger partial charge in [-0.3, -0.25) is 9.48 Å². The minimum absolute atomic E-state index is 0.310. The number of hydrogen-bond donors (Lipinski definition) is 1. The van der Waals surface area contributed by atoms with E-state index in [2.05, 4.69) is 15.2 Å². The summed E-state index contributed by atoms with van der Waals surface area (Å²) in [5, 5.41) is 5.31. The maximum atomic E-state index is 13.1. The average Bonchev–Trinajstić information content (AvgIpc) is 2.89. The van der Waals surface area contributed by atoms with Crippen molar-refractivity contribution in [3.63, 3.8) is 0 Å². The summed E-state index contributed by atoms with van der Waals surface area (Å²) < 4.78 is 44.5. The van der Waals surface area contributed by atoms with Gasteiger partial charge < -0.3 is 10.1 Å². The number of alkyl halides is 3. The Bertz CT molecular complexity index is 832. The van der Waals surface area contributed by atoms with Crippen molar-refractivity contribution in [2.24, 2.45) is 7.05 Å². The highest BCUT2D eigenvalue weighted by molar-refractivity contribution is 6.33. The Morgan fingerprint density at radius 3 is 2.35 bits per heavy atom. The normalized spacial score (nSPS) is 12.6. The average molecular weight is 390 g/mol. The summed E-state index contributed by atoms with van der Waals surface area (Å²) in [6.07, 6.45) is -4.82. The fourth-order valence-corrected chi connectivity index (χ4v) is 2.49. The molecule has 0 saturated heterocycles. The van der Waals surface area contributed by atoms with Crippen LogP contribution in [0.1, 0.15) is 44.9 Å². The molecule has 2 aromatic rings. The first-order chi connectivity index (χ1) is 12.1. The van der Waals surface area contributed by atoms with Crippen LogP contribution in [-0.4, -0.2) is 28.8 Å². The minimum atomic E-state index is -4.82. The highest BCUT2D eigenvalue weighted by Crippen LogP contribution is 2.34. The second-order valence-corrected chi connectivity index (χ2v) is 5.80. The summed E-state index contributed by atoms with van der Waals surface area (Å²) in [6, 6.07) is 5.47. The topological polar surface area (TPSA) is 73.2 Å². The molecular formula is C16H15ClF3N3O3. The Kier molecular flexibility index (Phi) is 5.60. The van der Waals surface area contributed by atoms with Crippen LogP contribution in [0.15, 0.2) is 24.3 Å². The molecule has 0 aliphatic carbocycles. The second-order valence-electron chi connectivity index (χ2n) is 5.44. The summed E-state index contributed by atoms with van der Waals surface area (Å²) >= 11 is 5.80. The molecule has 0 saturated carbocycles. The lowest BCUT2D eigenvalue weighted by atomic mass is 10.1. The SMILES string of the molecule is COC(=O)c1ccc(C(C)NC(=O)c2c(C(F)(F)F)nn(C)c2Cl)cc1.